The normalized spacial score (nSPS) is 10.2. The van der Waals surface area contributed by atoms with E-state index >= 15 is 0 Å². The Kier molecular flexibility index (Phi) is 2.67. The van der Waals surface area contributed by atoms with Gasteiger partial charge in [-0.25, -0.2) is 0 Å². The molecular weight excluding hydrogens is 151 g/mol. The average Bonchev–Trinajstić information content (AvgIpc) is 1.96. The molecule has 0 radical (unpaired) electrons. The highest BCUT2D eigenvalue weighted by molar-refractivity contribution is 7.15. The third kappa shape index (κ3) is 1.81. The van der Waals surface area contributed by atoms with Crippen molar-refractivity contribution >= 4 is 9.24 Å². The van der Waals surface area contributed by atoms with Crippen LogP contribution in [0, 0.1) is 20.8 Å². The number of hydrogen-bond donors (Lipinski definition) is 0. The smallest absolute Gasteiger partial charge is 0.0126 e. The van der Waals surface area contributed by atoms with Crippen LogP contribution in [0.1, 0.15) is 22.3 Å². The van der Waals surface area contributed by atoms with Crippen molar-refractivity contribution < 1.29 is 0 Å². The topological polar surface area (TPSA) is 0 Å². The lowest BCUT2D eigenvalue weighted by Crippen LogP contribution is -1.90. The van der Waals surface area contributed by atoms with E-state index in [0.717, 1.165) is 6.16 Å². The summed E-state index contributed by atoms with van der Waals surface area (Å²) in [5.41, 5.74) is 5.66. The molecular formula is C10H15P. The Morgan fingerprint density at radius 3 is 2.36 bits per heavy atom. The third-order valence-electron chi connectivity index (χ3n) is 2.14. The molecule has 0 heterocycles. The lowest BCUT2D eigenvalue weighted by molar-refractivity contribution is 1.22. The minimum Gasteiger partial charge on any atom is -0.133 e. The summed E-state index contributed by atoms with van der Waals surface area (Å²) >= 11 is 0. The molecule has 1 aromatic carbocycles. The van der Waals surface area contributed by atoms with Crippen LogP contribution in [0.3, 0.4) is 0 Å². The van der Waals surface area contributed by atoms with Crippen molar-refractivity contribution in [1.82, 2.24) is 0 Å². The van der Waals surface area contributed by atoms with E-state index in [1.165, 1.54) is 22.3 Å². The second kappa shape index (κ2) is 3.36. The Bertz CT molecular complexity index is 264. The first kappa shape index (κ1) is 8.74. The van der Waals surface area contributed by atoms with Crippen molar-refractivity contribution in [1.29, 1.82) is 0 Å². The third-order valence-corrected chi connectivity index (χ3v) is 2.58. The second-order valence-electron chi connectivity index (χ2n) is 3.07. The monoisotopic (exact) mass is 166 g/mol. The van der Waals surface area contributed by atoms with E-state index in [9.17, 15) is 0 Å². The summed E-state index contributed by atoms with van der Waals surface area (Å²) in [4.78, 5) is 0. The summed E-state index contributed by atoms with van der Waals surface area (Å²) in [6.45, 7) is 6.51. The van der Waals surface area contributed by atoms with Gasteiger partial charge in [-0.3, -0.25) is 0 Å². The van der Waals surface area contributed by atoms with Crippen LogP contribution in [0.25, 0.3) is 0 Å². The van der Waals surface area contributed by atoms with Gasteiger partial charge in [0.25, 0.3) is 0 Å². The van der Waals surface area contributed by atoms with Gasteiger partial charge in [-0.1, -0.05) is 17.7 Å². The van der Waals surface area contributed by atoms with Crippen LogP contribution in [-0.2, 0) is 6.16 Å². The van der Waals surface area contributed by atoms with Crippen molar-refractivity contribution in [2.75, 3.05) is 0 Å². The van der Waals surface area contributed by atoms with E-state index in [4.69, 9.17) is 0 Å². The van der Waals surface area contributed by atoms with E-state index in [1.54, 1.807) is 0 Å². The average molecular weight is 166 g/mol. The summed E-state index contributed by atoms with van der Waals surface area (Å²) in [5, 5.41) is 0. The molecule has 0 aliphatic heterocycles. The van der Waals surface area contributed by atoms with Crippen molar-refractivity contribution in [2.45, 2.75) is 26.9 Å². The van der Waals surface area contributed by atoms with Crippen molar-refractivity contribution in [2.24, 2.45) is 0 Å². The molecule has 0 spiro atoms. The van der Waals surface area contributed by atoms with Crippen LogP contribution < -0.4 is 0 Å². The van der Waals surface area contributed by atoms with E-state index in [-0.39, 0.29) is 0 Å². The van der Waals surface area contributed by atoms with Gasteiger partial charge in [-0.15, -0.1) is 9.24 Å². The van der Waals surface area contributed by atoms with E-state index in [2.05, 4.69) is 42.1 Å². The number of hydrogen-bond acceptors (Lipinski definition) is 0. The zero-order chi connectivity index (χ0) is 8.43. The Hall–Kier alpha value is -0.350. The standard InChI is InChI=1S/C10H15P/c1-7-4-8(2)9(3)10(5-7)6-11/h4-5H,6,11H2,1-3H3. The van der Waals surface area contributed by atoms with E-state index in [0.29, 0.717) is 0 Å². The molecule has 0 bridgehead atoms. The van der Waals surface area contributed by atoms with Crippen molar-refractivity contribution in [3.05, 3.63) is 34.4 Å². The molecule has 0 saturated carbocycles. The Balaban J connectivity index is 3.24. The fourth-order valence-electron chi connectivity index (χ4n) is 1.34. The molecule has 0 N–H and O–H groups in total. The number of rotatable bonds is 1. The maximum atomic E-state index is 2.77. The largest absolute Gasteiger partial charge is 0.133 e. The van der Waals surface area contributed by atoms with Gasteiger partial charge in [-0.05, 0) is 43.6 Å². The number of aryl methyl sites for hydroxylation is 2. The minimum absolute atomic E-state index is 1.06. The molecule has 11 heavy (non-hydrogen) atoms. The van der Waals surface area contributed by atoms with Crippen LogP contribution in [0.15, 0.2) is 12.1 Å². The summed E-state index contributed by atoms with van der Waals surface area (Å²) in [5.74, 6) is 0. The van der Waals surface area contributed by atoms with Gasteiger partial charge in [0.2, 0.25) is 0 Å². The highest BCUT2D eigenvalue weighted by Gasteiger charge is 1.99. The molecule has 1 heteroatoms. The van der Waals surface area contributed by atoms with E-state index in [1.807, 2.05) is 0 Å². The molecule has 0 aromatic heterocycles. The predicted molar refractivity (Wildman–Crippen MR) is 54.1 cm³/mol. The van der Waals surface area contributed by atoms with Crippen molar-refractivity contribution in [3.8, 4) is 0 Å². The highest BCUT2D eigenvalue weighted by Crippen LogP contribution is 2.17. The Morgan fingerprint density at radius 2 is 1.82 bits per heavy atom. The second-order valence-corrected chi connectivity index (χ2v) is 3.48. The van der Waals surface area contributed by atoms with Crippen LogP contribution >= 0.6 is 9.24 Å². The van der Waals surface area contributed by atoms with Crippen LogP contribution in [0.2, 0.25) is 0 Å². The molecule has 0 saturated heterocycles. The van der Waals surface area contributed by atoms with Gasteiger partial charge in [0.05, 0.1) is 0 Å². The summed E-state index contributed by atoms with van der Waals surface area (Å²) in [7, 11) is 2.77. The molecule has 60 valence electrons. The zero-order valence-corrected chi connectivity index (χ0v) is 8.59. The lowest BCUT2D eigenvalue weighted by atomic mass is 10.0. The molecule has 1 atom stereocenters. The fourth-order valence-corrected chi connectivity index (χ4v) is 1.76. The van der Waals surface area contributed by atoms with Crippen LogP contribution in [0.4, 0.5) is 0 Å². The van der Waals surface area contributed by atoms with Gasteiger partial charge < -0.3 is 0 Å². The molecule has 0 nitrogen and oxygen atoms in total. The van der Waals surface area contributed by atoms with Gasteiger partial charge in [-0.2, -0.15) is 0 Å². The summed E-state index contributed by atoms with van der Waals surface area (Å²) < 4.78 is 0. The molecule has 1 aromatic rings. The Labute approximate surface area is 71.2 Å². The SMILES string of the molecule is Cc1cc(C)c(C)c(CP)c1. The summed E-state index contributed by atoms with van der Waals surface area (Å²) in [6.07, 6.45) is 1.06. The van der Waals surface area contributed by atoms with Crippen molar-refractivity contribution in [3.63, 3.8) is 0 Å². The Morgan fingerprint density at radius 1 is 1.18 bits per heavy atom. The lowest BCUT2D eigenvalue weighted by Gasteiger charge is -2.07. The first-order chi connectivity index (χ1) is 5.15. The predicted octanol–water partition coefficient (Wildman–Crippen LogP) is 2.99. The van der Waals surface area contributed by atoms with Gasteiger partial charge in [0, 0.05) is 0 Å². The quantitative estimate of drug-likeness (QED) is 0.562. The summed E-state index contributed by atoms with van der Waals surface area (Å²) in [6, 6.07) is 4.49. The molecule has 1 rings (SSSR count). The van der Waals surface area contributed by atoms with Gasteiger partial charge in [0.1, 0.15) is 0 Å². The minimum atomic E-state index is 1.06. The maximum Gasteiger partial charge on any atom is -0.0126 e. The van der Waals surface area contributed by atoms with Crippen LogP contribution in [0.5, 0.6) is 0 Å². The first-order valence-electron chi connectivity index (χ1n) is 3.92. The highest BCUT2D eigenvalue weighted by atomic mass is 31.0. The fraction of sp³-hybridized carbons (Fsp3) is 0.400. The van der Waals surface area contributed by atoms with Crippen LogP contribution in [-0.4, -0.2) is 0 Å². The van der Waals surface area contributed by atoms with Gasteiger partial charge in [0.15, 0.2) is 0 Å². The molecule has 0 aliphatic carbocycles. The van der Waals surface area contributed by atoms with E-state index < -0.39 is 0 Å². The molecule has 0 aliphatic rings. The molecule has 1 unspecified atom stereocenters. The maximum absolute atomic E-state index is 2.77. The molecule has 0 amide bonds. The van der Waals surface area contributed by atoms with Gasteiger partial charge >= 0.3 is 0 Å². The zero-order valence-electron chi connectivity index (χ0n) is 7.44. The first-order valence-corrected chi connectivity index (χ1v) is 4.73. The number of benzene rings is 1. The molecule has 0 fully saturated rings.